The van der Waals surface area contributed by atoms with Crippen molar-refractivity contribution in [3.63, 3.8) is 0 Å². The number of nitrogens with zero attached hydrogens (tertiary/aromatic N) is 5. The predicted molar refractivity (Wildman–Crippen MR) is 92.1 cm³/mol. The highest BCUT2D eigenvalue weighted by atomic mass is 16.4. The molecule has 2 heterocycles. The SMILES string of the molecule is Cc1coc(N=Nc2c(C(C)(C)C)nn(-c3ccccc3)c2N)n1. The Kier molecular flexibility index (Phi) is 3.92. The topological polar surface area (TPSA) is 94.6 Å². The summed E-state index contributed by atoms with van der Waals surface area (Å²) in [5.41, 5.74) is 8.96. The van der Waals surface area contributed by atoms with Crippen LogP contribution in [-0.4, -0.2) is 14.8 Å². The van der Waals surface area contributed by atoms with Gasteiger partial charge in [0.2, 0.25) is 0 Å². The second-order valence-electron chi connectivity index (χ2n) is 6.55. The number of hydrogen-bond donors (Lipinski definition) is 1. The van der Waals surface area contributed by atoms with Gasteiger partial charge in [0.05, 0.1) is 17.1 Å². The van der Waals surface area contributed by atoms with Crippen molar-refractivity contribution in [2.75, 3.05) is 5.73 Å². The number of nitrogens with two attached hydrogens (primary N) is 1. The number of azo groups is 1. The molecule has 0 aliphatic heterocycles. The fraction of sp³-hybridized carbons (Fsp3) is 0.294. The Morgan fingerprint density at radius 2 is 1.83 bits per heavy atom. The smallest absolute Gasteiger partial charge is 0.341 e. The van der Waals surface area contributed by atoms with Crippen LogP contribution in [0.15, 0.2) is 51.2 Å². The molecule has 0 bridgehead atoms. The van der Waals surface area contributed by atoms with Gasteiger partial charge in [-0.1, -0.05) is 44.1 Å². The fourth-order valence-electron chi connectivity index (χ4n) is 2.27. The van der Waals surface area contributed by atoms with E-state index in [9.17, 15) is 0 Å². The van der Waals surface area contributed by atoms with Crippen molar-refractivity contribution in [1.82, 2.24) is 14.8 Å². The highest BCUT2D eigenvalue weighted by molar-refractivity contribution is 5.65. The summed E-state index contributed by atoms with van der Waals surface area (Å²) in [5, 5.41) is 13.0. The standard InChI is InChI=1S/C17H20N6O/c1-11-10-24-16(19-11)21-20-13-14(17(2,3)4)22-23(15(13)18)12-8-6-5-7-9-12/h5-10H,18H2,1-4H3. The molecule has 0 spiro atoms. The first-order valence-electron chi connectivity index (χ1n) is 7.64. The van der Waals surface area contributed by atoms with E-state index in [0.29, 0.717) is 11.5 Å². The molecule has 0 amide bonds. The van der Waals surface area contributed by atoms with Gasteiger partial charge in [-0.05, 0) is 19.1 Å². The molecule has 0 radical (unpaired) electrons. The normalized spacial score (nSPS) is 12.2. The Morgan fingerprint density at radius 1 is 1.12 bits per heavy atom. The minimum Gasteiger partial charge on any atom is -0.429 e. The van der Waals surface area contributed by atoms with Crippen molar-refractivity contribution < 1.29 is 4.42 Å². The van der Waals surface area contributed by atoms with Crippen molar-refractivity contribution in [2.45, 2.75) is 33.1 Å². The number of rotatable bonds is 3. The maximum atomic E-state index is 6.30. The maximum absolute atomic E-state index is 6.30. The second-order valence-corrected chi connectivity index (χ2v) is 6.55. The molecule has 2 aromatic heterocycles. The maximum Gasteiger partial charge on any atom is 0.341 e. The minimum atomic E-state index is -0.241. The molecular formula is C17H20N6O. The monoisotopic (exact) mass is 324 g/mol. The van der Waals surface area contributed by atoms with Gasteiger partial charge in [0, 0.05) is 5.41 Å². The lowest BCUT2D eigenvalue weighted by atomic mass is 9.91. The quantitative estimate of drug-likeness (QED) is 0.719. The van der Waals surface area contributed by atoms with Crippen molar-refractivity contribution >= 4 is 17.5 Å². The van der Waals surface area contributed by atoms with E-state index in [1.54, 1.807) is 4.68 Å². The van der Waals surface area contributed by atoms with Crippen molar-refractivity contribution in [3.8, 4) is 5.69 Å². The lowest BCUT2D eigenvalue weighted by Gasteiger charge is -2.15. The van der Waals surface area contributed by atoms with Crippen LogP contribution in [0.5, 0.6) is 0 Å². The van der Waals surface area contributed by atoms with E-state index in [0.717, 1.165) is 17.1 Å². The highest BCUT2D eigenvalue weighted by Gasteiger charge is 2.26. The Balaban J connectivity index is 2.10. The third kappa shape index (κ3) is 3.05. The van der Waals surface area contributed by atoms with Gasteiger partial charge >= 0.3 is 6.01 Å². The largest absolute Gasteiger partial charge is 0.429 e. The van der Waals surface area contributed by atoms with E-state index in [1.165, 1.54) is 6.26 Å². The average Bonchev–Trinajstić information content (AvgIpc) is 3.09. The van der Waals surface area contributed by atoms with Crippen LogP contribution in [0.2, 0.25) is 0 Å². The number of aromatic nitrogens is 3. The van der Waals surface area contributed by atoms with Crippen LogP contribution in [-0.2, 0) is 5.41 Å². The molecule has 3 aromatic rings. The van der Waals surface area contributed by atoms with Gasteiger partial charge in [-0.15, -0.1) is 5.11 Å². The molecule has 0 aliphatic carbocycles. The summed E-state index contributed by atoms with van der Waals surface area (Å²) in [5.74, 6) is 0.429. The summed E-state index contributed by atoms with van der Waals surface area (Å²) in [6.45, 7) is 7.99. The Hall–Kier alpha value is -2.96. The first kappa shape index (κ1) is 15.9. The molecule has 0 fully saturated rings. The van der Waals surface area contributed by atoms with Gasteiger partial charge in [0.25, 0.3) is 0 Å². The molecule has 24 heavy (non-hydrogen) atoms. The third-order valence-corrected chi connectivity index (χ3v) is 3.45. The predicted octanol–water partition coefficient (Wildman–Crippen LogP) is 4.46. The molecule has 0 aliphatic rings. The number of para-hydroxylation sites is 1. The van der Waals surface area contributed by atoms with Gasteiger partial charge in [-0.25, -0.2) is 4.68 Å². The zero-order chi connectivity index (χ0) is 17.3. The summed E-state index contributed by atoms with van der Waals surface area (Å²) in [6.07, 6.45) is 1.52. The van der Waals surface area contributed by atoms with Gasteiger partial charge in [-0.2, -0.15) is 10.1 Å². The van der Waals surface area contributed by atoms with Crippen LogP contribution < -0.4 is 5.73 Å². The number of aryl methyl sites for hydroxylation is 1. The molecule has 1 aromatic carbocycles. The molecule has 7 heteroatoms. The second kappa shape index (κ2) is 5.92. The van der Waals surface area contributed by atoms with Crippen LogP contribution in [0.25, 0.3) is 5.69 Å². The van der Waals surface area contributed by atoms with Gasteiger partial charge in [0.15, 0.2) is 11.5 Å². The number of benzene rings is 1. The Bertz CT molecular complexity index is 870. The summed E-state index contributed by atoms with van der Waals surface area (Å²) in [6, 6.07) is 9.88. The van der Waals surface area contributed by atoms with Crippen LogP contribution in [0.3, 0.4) is 0 Å². The van der Waals surface area contributed by atoms with Crippen molar-refractivity contribution in [1.29, 1.82) is 0 Å². The number of hydrogen-bond acceptors (Lipinski definition) is 6. The molecule has 3 rings (SSSR count). The zero-order valence-corrected chi connectivity index (χ0v) is 14.2. The molecular weight excluding hydrogens is 304 g/mol. The van der Waals surface area contributed by atoms with Crippen molar-refractivity contribution in [2.24, 2.45) is 10.2 Å². The average molecular weight is 324 g/mol. The van der Waals surface area contributed by atoms with E-state index in [2.05, 4.69) is 41.1 Å². The molecule has 0 saturated heterocycles. The van der Waals surface area contributed by atoms with E-state index in [4.69, 9.17) is 10.2 Å². The van der Waals surface area contributed by atoms with Gasteiger partial charge in [0.1, 0.15) is 6.26 Å². The van der Waals surface area contributed by atoms with E-state index in [1.807, 2.05) is 37.3 Å². The van der Waals surface area contributed by atoms with Gasteiger partial charge in [-0.3, -0.25) is 0 Å². The van der Waals surface area contributed by atoms with Crippen molar-refractivity contribution in [3.05, 3.63) is 48.0 Å². The Labute approximate surface area is 140 Å². The molecule has 7 nitrogen and oxygen atoms in total. The van der Waals surface area contributed by atoms with Crippen LogP contribution in [0.4, 0.5) is 17.5 Å². The Morgan fingerprint density at radius 3 is 2.42 bits per heavy atom. The van der Waals surface area contributed by atoms with Gasteiger partial charge < -0.3 is 10.2 Å². The number of nitrogen functional groups attached to an aromatic ring is 1. The van der Waals surface area contributed by atoms with E-state index >= 15 is 0 Å². The minimum absolute atomic E-state index is 0.194. The molecule has 0 atom stereocenters. The first-order chi connectivity index (χ1) is 11.4. The first-order valence-corrected chi connectivity index (χ1v) is 7.64. The summed E-state index contributed by atoms with van der Waals surface area (Å²) >= 11 is 0. The lowest BCUT2D eigenvalue weighted by Crippen LogP contribution is -2.13. The molecule has 2 N–H and O–H groups in total. The summed E-state index contributed by atoms with van der Waals surface area (Å²) in [7, 11) is 0. The van der Waals surface area contributed by atoms with Crippen LogP contribution in [0.1, 0.15) is 32.2 Å². The third-order valence-electron chi connectivity index (χ3n) is 3.45. The number of oxazole rings is 1. The van der Waals surface area contributed by atoms with E-state index < -0.39 is 0 Å². The van der Waals surface area contributed by atoms with Crippen LogP contribution >= 0.6 is 0 Å². The highest BCUT2D eigenvalue weighted by Crippen LogP contribution is 2.37. The lowest BCUT2D eigenvalue weighted by molar-refractivity contribution is 0.556. The van der Waals surface area contributed by atoms with E-state index in [-0.39, 0.29) is 11.4 Å². The fourth-order valence-corrected chi connectivity index (χ4v) is 2.27. The zero-order valence-electron chi connectivity index (χ0n) is 14.2. The molecule has 124 valence electrons. The summed E-state index contributed by atoms with van der Waals surface area (Å²) < 4.78 is 6.88. The van der Waals surface area contributed by atoms with Crippen LogP contribution in [0, 0.1) is 6.92 Å². The summed E-state index contributed by atoms with van der Waals surface area (Å²) in [4.78, 5) is 4.12. The number of anilines is 1. The molecule has 0 saturated carbocycles. The molecule has 0 unspecified atom stereocenters.